The Morgan fingerprint density at radius 1 is 1.07 bits per heavy atom. The summed E-state index contributed by atoms with van der Waals surface area (Å²) in [4.78, 5) is 14.9. The molecule has 0 aliphatic heterocycles. The number of aliphatic hydroxyl groups excluding tert-OH is 1. The third-order valence-electron chi connectivity index (χ3n) is 4.96. The van der Waals surface area contributed by atoms with Gasteiger partial charge in [-0.1, -0.05) is 30.3 Å². The summed E-state index contributed by atoms with van der Waals surface area (Å²) in [6, 6.07) is 21.9. The molecule has 30 heavy (non-hydrogen) atoms. The Labute approximate surface area is 182 Å². The molecule has 4 aromatic rings. The van der Waals surface area contributed by atoms with Crippen LogP contribution in [0.3, 0.4) is 0 Å². The van der Waals surface area contributed by atoms with E-state index in [-0.39, 0.29) is 4.57 Å². The third-order valence-corrected chi connectivity index (χ3v) is 6.96. The van der Waals surface area contributed by atoms with Crippen molar-refractivity contribution in [2.75, 3.05) is 19.7 Å². The second kappa shape index (κ2) is 9.48. The van der Waals surface area contributed by atoms with Crippen LogP contribution in [0.5, 0.6) is 5.75 Å². The number of aliphatic hydroxyl groups is 1. The van der Waals surface area contributed by atoms with Gasteiger partial charge >= 0.3 is 135 Å². The van der Waals surface area contributed by atoms with Crippen LogP contribution in [0.4, 0.5) is 0 Å². The summed E-state index contributed by atoms with van der Waals surface area (Å²) in [5.74, 6) is 0.803. The maximum atomic E-state index is 11.5. The summed E-state index contributed by atoms with van der Waals surface area (Å²) < 4.78 is 7.31. The van der Waals surface area contributed by atoms with Gasteiger partial charge < -0.3 is 5.11 Å². The fourth-order valence-corrected chi connectivity index (χ4v) is 5.18. The fraction of sp³-hybridized carbons (Fsp3) is 0.208. The van der Waals surface area contributed by atoms with Gasteiger partial charge in [-0.25, -0.2) is 0 Å². The van der Waals surface area contributed by atoms with Gasteiger partial charge in [0.25, 0.3) is 0 Å². The van der Waals surface area contributed by atoms with E-state index in [2.05, 4.69) is 28.5 Å². The first kappa shape index (κ1) is 20.7. The number of hydrogen-bond acceptors (Lipinski definition) is 4. The zero-order valence-corrected chi connectivity index (χ0v) is 18.9. The molecule has 3 aromatic carbocycles. The van der Waals surface area contributed by atoms with Crippen molar-refractivity contribution in [1.82, 2.24) is 10.3 Å². The molecule has 0 radical (unpaired) electrons. The number of ether oxygens (including phenoxy) is 1. The first-order valence-electron chi connectivity index (χ1n) is 10.00. The van der Waals surface area contributed by atoms with Gasteiger partial charge in [-0.3, -0.25) is 0 Å². The van der Waals surface area contributed by atoms with E-state index in [0.717, 1.165) is 37.5 Å². The van der Waals surface area contributed by atoms with Gasteiger partial charge in [0, 0.05) is 0 Å². The normalized spacial score (nSPS) is 12.7. The van der Waals surface area contributed by atoms with Crippen LogP contribution >= 0.6 is 0 Å². The van der Waals surface area contributed by atoms with E-state index in [4.69, 9.17) is 4.74 Å². The van der Waals surface area contributed by atoms with Crippen molar-refractivity contribution in [3.63, 3.8) is 0 Å². The van der Waals surface area contributed by atoms with E-state index in [1.54, 1.807) is 6.92 Å². The van der Waals surface area contributed by atoms with Crippen molar-refractivity contribution in [2.45, 2.75) is 13.0 Å². The SMILES string of the molecule is CC(=O)[AsH]c1ccc2[nH]c3cc(OCCNCC(O)c4ccccc4)ccc3c2c1. The van der Waals surface area contributed by atoms with Crippen LogP contribution in [-0.4, -0.2) is 50.1 Å². The fourth-order valence-electron chi connectivity index (χ4n) is 3.53. The van der Waals surface area contributed by atoms with E-state index in [0.29, 0.717) is 19.7 Å². The van der Waals surface area contributed by atoms with Crippen molar-refractivity contribution >= 4 is 46.5 Å². The number of rotatable bonds is 9. The number of aromatic amines is 1. The van der Waals surface area contributed by atoms with E-state index in [1.165, 1.54) is 0 Å². The average molecular weight is 464 g/mol. The van der Waals surface area contributed by atoms with Gasteiger partial charge in [-0.2, -0.15) is 0 Å². The summed E-state index contributed by atoms with van der Waals surface area (Å²) in [7, 11) is 0. The molecular weight excluding hydrogens is 439 g/mol. The van der Waals surface area contributed by atoms with Crippen LogP contribution in [0, 0.1) is 0 Å². The Morgan fingerprint density at radius 3 is 2.70 bits per heavy atom. The van der Waals surface area contributed by atoms with Crippen molar-refractivity contribution in [3.8, 4) is 5.75 Å². The maximum absolute atomic E-state index is 11.5. The predicted octanol–water partition coefficient (Wildman–Crippen LogP) is 2.63. The molecule has 154 valence electrons. The molecule has 0 saturated carbocycles. The quantitative estimate of drug-likeness (QED) is 0.263. The molecule has 0 aliphatic rings. The molecule has 4 rings (SSSR count). The third kappa shape index (κ3) is 4.93. The van der Waals surface area contributed by atoms with Gasteiger partial charge in [-0.15, -0.1) is 0 Å². The molecule has 0 bridgehead atoms. The van der Waals surface area contributed by atoms with Crippen LogP contribution in [0.25, 0.3) is 21.8 Å². The van der Waals surface area contributed by atoms with Gasteiger partial charge in [0.1, 0.15) is 0 Å². The van der Waals surface area contributed by atoms with Gasteiger partial charge in [0.2, 0.25) is 0 Å². The molecule has 5 nitrogen and oxygen atoms in total. The number of H-pyrrole nitrogens is 1. The molecule has 0 spiro atoms. The number of benzene rings is 3. The van der Waals surface area contributed by atoms with Gasteiger partial charge in [0.15, 0.2) is 0 Å². The number of nitrogens with one attached hydrogen (secondary N) is 2. The van der Waals surface area contributed by atoms with E-state index in [9.17, 15) is 9.90 Å². The Balaban J connectivity index is 1.34. The Kier molecular flexibility index (Phi) is 6.53. The molecular formula is C24H25AsN2O3. The second-order valence-electron chi connectivity index (χ2n) is 7.25. The van der Waals surface area contributed by atoms with Gasteiger partial charge in [-0.05, 0) is 5.56 Å². The molecule has 0 amide bonds. The molecule has 2 unspecified atom stereocenters. The number of hydrogen-bond donors (Lipinski definition) is 3. The molecule has 0 saturated heterocycles. The molecule has 2 atom stereocenters. The molecule has 6 heteroatoms. The van der Waals surface area contributed by atoms with E-state index >= 15 is 0 Å². The topological polar surface area (TPSA) is 74.4 Å². The summed E-state index contributed by atoms with van der Waals surface area (Å²) in [5.41, 5.74) is 3.00. The van der Waals surface area contributed by atoms with E-state index in [1.807, 2.05) is 48.5 Å². The first-order valence-corrected chi connectivity index (χ1v) is 12.1. The van der Waals surface area contributed by atoms with Crippen molar-refractivity contribution in [2.24, 2.45) is 0 Å². The summed E-state index contributed by atoms with van der Waals surface area (Å²) >= 11 is -0.728. The second-order valence-corrected chi connectivity index (χ2v) is 10.5. The number of aromatic nitrogens is 1. The standard InChI is InChI=1S/C24H25AsN2O3/c1-16(28)25-18-7-10-22-21(13-18)20-9-8-19(14-23(20)27-22)30-12-11-26-15-24(29)17-5-3-2-4-6-17/h2-10,13-14,24-27,29H,11-12,15H2,1H3. The van der Waals surface area contributed by atoms with Gasteiger partial charge in [0.05, 0.1) is 6.10 Å². The number of fused-ring (bicyclic) bond motifs is 3. The number of carbonyl (C=O) groups excluding carboxylic acids is 1. The Morgan fingerprint density at radius 2 is 1.90 bits per heavy atom. The molecule has 0 aliphatic carbocycles. The summed E-state index contributed by atoms with van der Waals surface area (Å²) in [6.07, 6.45) is -0.524. The average Bonchev–Trinajstić information content (AvgIpc) is 3.10. The van der Waals surface area contributed by atoms with Crippen LogP contribution in [0.1, 0.15) is 18.6 Å². The van der Waals surface area contributed by atoms with Crippen LogP contribution in [0.15, 0.2) is 66.7 Å². The Bertz CT molecular complexity index is 1160. The van der Waals surface area contributed by atoms with Crippen LogP contribution in [-0.2, 0) is 4.79 Å². The molecule has 0 fully saturated rings. The minimum absolute atomic E-state index is 0.287. The van der Waals surface area contributed by atoms with Crippen molar-refractivity contribution in [3.05, 3.63) is 72.3 Å². The van der Waals surface area contributed by atoms with Crippen molar-refractivity contribution < 1.29 is 14.6 Å². The van der Waals surface area contributed by atoms with Crippen molar-refractivity contribution in [1.29, 1.82) is 0 Å². The minimum atomic E-state index is -0.728. The molecule has 3 N–H and O–H groups in total. The van der Waals surface area contributed by atoms with Crippen LogP contribution in [0.2, 0.25) is 0 Å². The monoisotopic (exact) mass is 464 g/mol. The molecule has 1 heterocycles. The number of carbonyl (C=O) groups is 1. The zero-order valence-electron chi connectivity index (χ0n) is 16.8. The summed E-state index contributed by atoms with van der Waals surface area (Å²) in [6.45, 7) is 3.31. The zero-order chi connectivity index (χ0) is 20.9. The molecule has 1 aromatic heterocycles. The van der Waals surface area contributed by atoms with Crippen LogP contribution < -0.4 is 14.4 Å². The van der Waals surface area contributed by atoms with E-state index < -0.39 is 21.9 Å². The first-order chi connectivity index (χ1) is 14.6. The summed E-state index contributed by atoms with van der Waals surface area (Å²) in [5, 5.41) is 15.7. The Hall–Kier alpha value is -2.59. The predicted molar refractivity (Wildman–Crippen MR) is 123 cm³/mol.